The fraction of sp³-hybridized carbons (Fsp3) is 0.235. The van der Waals surface area contributed by atoms with Crippen LogP contribution < -0.4 is 11.1 Å². The van der Waals surface area contributed by atoms with Crippen molar-refractivity contribution in [1.82, 2.24) is 0 Å². The Balaban J connectivity index is 2.30. The number of amides is 1. The van der Waals surface area contributed by atoms with Gasteiger partial charge in [-0.15, -0.1) is 0 Å². The molecule has 0 atom stereocenters. The second kappa shape index (κ2) is 5.48. The van der Waals surface area contributed by atoms with Crippen molar-refractivity contribution in [1.29, 1.82) is 0 Å². The van der Waals surface area contributed by atoms with Gasteiger partial charge in [0.1, 0.15) is 5.75 Å². The lowest BCUT2D eigenvalue weighted by molar-refractivity contribution is 0.102. The highest BCUT2D eigenvalue weighted by Gasteiger charge is 2.19. The second-order valence-electron chi connectivity index (χ2n) is 6.02. The molecule has 4 heteroatoms. The van der Waals surface area contributed by atoms with Crippen molar-refractivity contribution in [2.45, 2.75) is 26.2 Å². The number of aromatic hydroxyl groups is 1. The van der Waals surface area contributed by atoms with Crippen LogP contribution >= 0.6 is 0 Å². The number of para-hydroxylation sites is 1. The van der Waals surface area contributed by atoms with Gasteiger partial charge in [-0.1, -0.05) is 39.0 Å². The van der Waals surface area contributed by atoms with E-state index in [0.717, 1.165) is 11.3 Å². The summed E-state index contributed by atoms with van der Waals surface area (Å²) in [5, 5.41) is 12.5. The van der Waals surface area contributed by atoms with E-state index in [1.807, 2.05) is 24.3 Å². The highest BCUT2D eigenvalue weighted by atomic mass is 16.3. The fourth-order valence-electron chi connectivity index (χ4n) is 2.13. The quantitative estimate of drug-likeness (QED) is 0.583. The number of anilines is 2. The van der Waals surface area contributed by atoms with E-state index < -0.39 is 0 Å². The molecule has 0 bridgehead atoms. The predicted molar refractivity (Wildman–Crippen MR) is 85.6 cm³/mol. The summed E-state index contributed by atoms with van der Waals surface area (Å²) in [4.78, 5) is 12.3. The van der Waals surface area contributed by atoms with E-state index in [0.29, 0.717) is 5.56 Å². The molecular weight excluding hydrogens is 264 g/mol. The molecule has 0 saturated heterocycles. The first kappa shape index (κ1) is 14.9. The van der Waals surface area contributed by atoms with E-state index >= 15 is 0 Å². The lowest BCUT2D eigenvalue weighted by Crippen LogP contribution is -2.18. The van der Waals surface area contributed by atoms with Gasteiger partial charge in [0.15, 0.2) is 0 Å². The molecule has 0 aromatic heterocycles. The maximum atomic E-state index is 12.3. The number of phenols is 1. The molecule has 1 amide bonds. The minimum absolute atomic E-state index is 0.0763. The molecule has 110 valence electrons. The van der Waals surface area contributed by atoms with Crippen molar-refractivity contribution in [3.8, 4) is 5.75 Å². The molecule has 0 aliphatic heterocycles. The first-order chi connectivity index (χ1) is 9.79. The molecule has 0 spiro atoms. The summed E-state index contributed by atoms with van der Waals surface area (Å²) in [6, 6.07) is 12.2. The SMILES string of the molecule is CC(C)(C)c1ccccc1NC(=O)c1ccc(N)c(O)c1. The average Bonchev–Trinajstić information content (AvgIpc) is 2.41. The summed E-state index contributed by atoms with van der Waals surface area (Å²) >= 11 is 0. The van der Waals surface area contributed by atoms with E-state index in [1.54, 1.807) is 6.07 Å². The molecule has 0 saturated carbocycles. The van der Waals surface area contributed by atoms with Crippen LogP contribution in [0.1, 0.15) is 36.7 Å². The summed E-state index contributed by atoms with van der Waals surface area (Å²) in [6.45, 7) is 6.27. The third-order valence-electron chi connectivity index (χ3n) is 3.28. The molecule has 2 aromatic carbocycles. The van der Waals surface area contributed by atoms with E-state index in [1.165, 1.54) is 12.1 Å². The van der Waals surface area contributed by atoms with Crippen LogP contribution in [-0.2, 0) is 5.41 Å². The smallest absolute Gasteiger partial charge is 0.255 e. The molecule has 0 unspecified atom stereocenters. The zero-order valence-corrected chi connectivity index (χ0v) is 12.5. The zero-order chi connectivity index (χ0) is 15.6. The first-order valence-corrected chi connectivity index (χ1v) is 6.78. The van der Waals surface area contributed by atoms with Crippen LogP contribution in [0.3, 0.4) is 0 Å². The second-order valence-corrected chi connectivity index (χ2v) is 6.02. The largest absolute Gasteiger partial charge is 0.506 e. The van der Waals surface area contributed by atoms with Gasteiger partial charge in [-0.2, -0.15) is 0 Å². The highest BCUT2D eigenvalue weighted by Crippen LogP contribution is 2.30. The van der Waals surface area contributed by atoms with Gasteiger partial charge in [0, 0.05) is 11.3 Å². The average molecular weight is 284 g/mol. The number of rotatable bonds is 2. The Kier molecular flexibility index (Phi) is 3.89. The van der Waals surface area contributed by atoms with Crippen LogP contribution in [0.2, 0.25) is 0 Å². The third-order valence-corrected chi connectivity index (χ3v) is 3.28. The van der Waals surface area contributed by atoms with Crippen LogP contribution in [0.15, 0.2) is 42.5 Å². The number of nitrogen functional groups attached to an aromatic ring is 1. The molecule has 0 aliphatic carbocycles. The molecule has 0 fully saturated rings. The summed E-state index contributed by atoms with van der Waals surface area (Å²) in [6.07, 6.45) is 0. The van der Waals surface area contributed by atoms with Crippen LogP contribution in [-0.4, -0.2) is 11.0 Å². The van der Waals surface area contributed by atoms with Crippen molar-refractivity contribution in [2.24, 2.45) is 0 Å². The molecular formula is C17H20N2O2. The fourth-order valence-corrected chi connectivity index (χ4v) is 2.13. The van der Waals surface area contributed by atoms with Gasteiger partial charge in [0.05, 0.1) is 5.69 Å². The van der Waals surface area contributed by atoms with Gasteiger partial charge in [-0.3, -0.25) is 4.79 Å². The van der Waals surface area contributed by atoms with Gasteiger partial charge < -0.3 is 16.2 Å². The maximum absolute atomic E-state index is 12.3. The summed E-state index contributed by atoms with van der Waals surface area (Å²) in [5.74, 6) is -0.367. The van der Waals surface area contributed by atoms with Crippen LogP contribution in [0.5, 0.6) is 5.75 Å². The molecule has 2 aromatic rings. The van der Waals surface area contributed by atoms with Crippen molar-refractivity contribution in [2.75, 3.05) is 11.1 Å². The number of benzene rings is 2. The van der Waals surface area contributed by atoms with Gasteiger partial charge in [-0.05, 0) is 35.2 Å². The van der Waals surface area contributed by atoms with E-state index in [9.17, 15) is 9.90 Å². The number of nitrogens with two attached hydrogens (primary N) is 1. The van der Waals surface area contributed by atoms with Crippen molar-refractivity contribution >= 4 is 17.3 Å². The standard InChI is InChI=1S/C17H20N2O2/c1-17(2,3)12-6-4-5-7-14(12)19-16(21)11-8-9-13(18)15(20)10-11/h4-10,20H,18H2,1-3H3,(H,19,21). The molecule has 0 radical (unpaired) electrons. The molecule has 0 aliphatic rings. The Morgan fingerprint density at radius 1 is 1.14 bits per heavy atom. The summed E-state index contributed by atoms with van der Waals surface area (Å²) in [5.41, 5.74) is 7.91. The third kappa shape index (κ3) is 3.34. The zero-order valence-electron chi connectivity index (χ0n) is 12.5. The first-order valence-electron chi connectivity index (χ1n) is 6.78. The van der Waals surface area contributed by atoms with E-state index in [-0.39, 0.29) is 22.8 Å². The number of hydrogen-bond donors (Lipinski definition) is 3. The monoisotopic (exact) mass is 284 g/mol. The van der Waals surface area contributed by atoms with Gasteiger partial charge >= 0.3 is 0 Å². The Bertz CT molecular complexity index is 673. The number of carbonyl (C=O) groups is 1. The lowest BCUT2D eigenvalue weighted by atomic mass is 9.86. The Hall–Kier alpha value is -2.49. The van der Waals surface area contributed by atoms with E-state index in [2.05, 4.69) is 26.1 Å². The molecule has 4 N–H and O–H groups in total. The normalized spacial score (nSPS) is 11.2. The minimum Gasteiger partial charge on any atom is -0.506 e. The van der Waals surface area contributed by atoms with Crippen molar-refractivity contribution < 1.29 is 9.90 Å². The Labute approximate surface area is 124 Å². The van der Waals surface area contributed by atoms with Crippen molar-refractivity contribution in [3.63, 3.8) is 0 Å². The molecule has 2 rings (SSSR count). The van der Waals surface area contributed by atoms with Gasteiger partial charge in [0.2, 0.25) is 0 Å². The molecule has 0 heterocycles. The Morgan fingerprint density at radius 3 is 2.43 bits per heavy atom. The van der Waals surface area contributed by atoms with Gasteiger partial charge in [0.25, 0.3) is 5.91 Å². The topological polar surface area (TPSA) is 75.4 Å². The van der Waals surface area contributed by atoms with Crippen LogP contribution in [0.4, 0.5) is 11.4 Å². The summed E-state index contributed by atoms with van der Waals surface area (Å²) in [7, 11) is 0. The van der Waals surface area contributed by atoms with Crippen molar-refractivity contribution in [3.05, 3.63) is 53.6 Å². The van der Waals surface area contributed by atoms with E-state index in [4.69, 9.17) is 5.73 Å². The van der Waals surface area contributed by atoms with Crippen LogP contribution in [0.25, 0.3) is 0 Å². The van der Waals surface area contributed by atoms with Crippen LogP contribution in [0, 0.1) is 0 Å². The summed E-state index contributed by atoms with van der Waals surface area (Å²) < 4.78 is 0. The Morgan fingerprint density at radius 2 is 1.81 bits per heavy atom. The predicted octanol–water partition coefficient (Wildman–Crippen LogP) is 3.52. The number of carbonyl (C=O) groups excluding carboxylic acids is 1. The number of hydrogen-bond acceptors (Lipinski definition) is 3. The highest BCUT2D eigenvalue weighted by molar-refractivity contribution is 6.05. The molecule has 4 nitrogen and oxygen atoms in total. The number of phenolic OH excluding ortho intramolecular Hbond substituents is 1. The lowest BCUT2D eigenvalue weighted by Gasteiger charge is -2.23. The maximum Gasteiger partial charge on any atom is 0.255 e. The molecule has 21 heavy (non-hydrogen) atoms. The number of nitrogens with one attached hydrogen (secondary N) is 1. The van der Waals surface area contributed by atoms with Gasteiger partial charge in [-0.25, -0.2) is 0 Å². The minimum atomic E-state index is -0.276.